The molecule has 0 aliphatic heterocycles. The molecule has 0 aliphatic rings. The van der Waals surface area contributed by atoms with Crippen LogP contribution in [-0.4, -0.2) is 23.0 Å². The molecule has 0 fully saturated rings. The highest BCUT2D eigenvalue weighted by atomic mass is 32.1. The average Bonchev–Trinajstić information content (AvgIpc) is 3.15. The van der Waals surface area contributed by atoms with Crippen LogP contribution in [0.1, 0.15) is 244 Å². The second-order valence-electron chi connectivity index (χ2n) is 16.3. The number of unbranched alkanes of at least 4 members (excludes halogenated alkanes) is 28. The number of thiol groups is 6. The molecule has 0 rings (SSSR count). The molecule has 0 aromatic heterocycles. The van der Waals surface area contributed by atoms with Gasteiger partial charge in [0.25, 0.3) is 0 Å². The molecule has 52 heavy (non-hydrogen) atoms. The molecule has 2 radical (unpaired) electrons. The predicted octanol–water partition coefficient (Wildman–Crippen LogP) is 17.7. The monoisotopic (exact) mass is 837 g/mol. The van der Waals surface area contributed by atoms with Crippen LogP contribution in [0, 0.1) is 22.3 Å². The minimum Gasteiger partial charge on any atom is -0.179 e. The molecular weight excluding hydrogens is 745 g/mol. The molecule has 0 nitrogen and oxygen atoms in total. The fourth-order valence-corrected chi connectivity index (χ4v) is 10.1. The fraction of sp³-hybridized carbons (Fsp3) is 0.957. The van der Waals surface area contributed by atoms with E-state index in [4.69, 9.17) is 12.6 Å². The van der Waals surface area contributed by atoms with Gasteiger partial charge in [-0.05, 0) is 98.6 Å². The summed E-state index contributed by atoms with van der Waals surface area (Å²) < 4.78 is 0. The lowest BCUT2D eigenvalue weighted by molar-refractivity contribution is 0.125. The fourth-order valence-electron chi connectivity index (χ4n) is 8.53. The maximum atomic E-state index is 5.62. The minimum absolute atomic E-state index is 0.290. The first kappa shape index (κ1) is 54.1. The first-order chi connectivity index (χ1) is 25.6. The van der Waals surface area contributed by atoms with Crippen LogP contribution < -0.4 is 0 Å². The van der Waals surface area contributed by atoms with Crippen LogP contribution in [0.3, 0.4) is 0 Å². The molecule has 0 saturated carbocycles. The van der Waals surface area contributed by atoms with E-state index in [0.29, 0.717) is 5.41 Å². The van der Waals surface area contributed by atoms with E-state index in [0.717, 1.165) is 35.4 Å². The van der Waals surface area contributed by atoms with E-state index in [9.17, 15) is 0 Å². The Morgan fingerprint density at radius 3 is 0.981 bits per heavy atom. The molecule has 0 saturated heterocycles. The highest BCUT2D eigenvalue weighted by Gasteiger charge is 2.42. The molecule has 1 unspecified atom stereocenters. The van der Waals surface area contributed by atoms with Gasteiger partial charge >= 0.3 is 0 Å². The van der Waals surface area contributed by atoms with Gasteiger partial charge in [-0.3, -0.25) is 0 Å². The minimum atomic E-state index is 0.290. The van der Waals surface area contributed by atoms with Gasteiger partial charge in [0.05, 0.1) is 0 Å². The highest BCUT2D eigenvalue weighted by molar-refractivity contribution is 7.83. The maximum absolute atomic E-state index is 5.62. The van der Waals surface area contributed by atoms with Gasteiger partial charge in [-0.25, -0.2) is 0 Å². The van der Waals surface area contributed by atoms with Crippen LogP contribution in [0.25, 0.3) is 0 Å². The van der Waals surface area contributed by atoms with Gasteiger partial charge in [0.15, 0.2) is 0 Å². The molecule has 1 atom stereocenters. The SMILES string of the molecule is S[CH]CCC(CCCCCCCCCCS)C(CCCCCCCCCCS)(CCCCCCCCCCS)[C](S)CCCCCCCCCCS. The molecule has 0 heterocycles. The Bertz CT molecular complexity index is 639. The zero-order valence-corrected chi connectivity index (χ0v) is 39.9. The lowest BCUT2D eigenvalue weighted by Crippen LogP contribution is -2.36. The number of hydrogen-bond donors (Lipinski definition) is 6. The normalized spacial score (nSPS) is 12.8. The smallest absolute Gasteiger partial charge is 0.0338 e. The van der Waals surface area contributed by atoms with Gasteiger partial charge in [0, 0.05) is 11.0 Å². The van der Waals surface area contributed by atoms with Crippen molar-refractivity contribution in [1.82, 2.24) is 0 Å². The zero-order valence-electron chi connectivity index (χ0n) is 34.5. The van der Waals surface area contributed by atoms with Crippen LogP contribution in [0.4, 0.5) is 0 Å². The summed E-state index contributed by atoms with van der Waals surface area (Å²) in [6.45, 7) is 0. The standard InChI is InChI=1S/C46H92S6/c47-39-29-21-13-5-1-9-17-25-34-44(35-33-43-51)46(37-27-19-11-3-7-15-23-31-41-49,38-28-20-12-4-8-16-24-32-42-50)45(52)36-26-18-10-2-6-14-22-30-40-48/h43-44,47-52H,1-42H2. The van der Waals surface area contributed by atoms with Gasteiger partial charge < -0.3 is 0 Å². The maximum Gasteiger partial charge on any atom is 0.0338 e. The van der Waals surface area contributed by atoms with E-state index in [-0.39, 0.29) is 0 Å². The third-order valence-corrected chi connectivity index (χ3v) is 14.0. The molecule has 0 aromatic carbocycles. The predicted molar refractivity (Wildman–Crippen MR) is 262 cm³/mol. The zero-order chi connectivity index (χ0) is 38.1. The average molecular weight is 838 g/mol. The molecule has 0 spiro atoms. The first-order valence-corrected chi connectivity index (χ1v) is 26.6. The van der Waals surface area contributed by atoms with Crippen LogP contribution in [0.5, 0.6) is 0 Å². The van der Waals surface area contributed by atoms with Crippen molar-refractivity contribution in [3.05, 3.63) is 11.0 Å². The summed E-state index contributed by atoms with van der Waals surface area (Å²) in [5.41, 5.74) is 0.290. The molecule has 0 bridgehead atoms. The molecule has 0 N–H and O–H groups in total. The second kappa shape index (κ2) is 44.2. The van der Waals surface area contributed by atoms with Gasteiger partial charge in [0.2, 0.25) is 0 Å². The molecular formula is C46H92S6. The summed E-state index contributed by atoms with van der Waals surface area (Å²) >= 11 is 27.9. The molecule has 0 aliphatic carbocycles. The Labute approximate surface area is 362 Å². The lowest BCUT2D eigenvalue weighted by Gasteiger charge is -2.46. The molecule has 6 heteroatoms. The van der Waals surface area contributed by atoms with Crippen molar-refractivity contribution >= 4 is 75.8 Å². The Morgan fingerprint density at radius 1 is 0.365 bits per heavy atom. The van der Waals surface area contributed by atoms with Gasteiger partial charge in [-0.2, -0.15) is 75.8 Å². The first-order valence-electron chi connectivity index (χ1n) is 23.1. The Kier molecular flexibility index (Phi) is 46.0. The van der Waals surface area contributed by atoms with Crippen molar-refractivity contribution in [3.63, 3.8) is 0 Å². The van der Waals surface area contributed by atoms with E-state index in [1.807, 2.05) is 0 Å². The molecule has 0 amide bonds. The summed E-state index contributed by atoms with van der Waals surface area (Å²) in [6.07, 6.45) is 51.8. The molecule has 0 aromatic rings. The van der Waals surface area contributed by atoms with E-state index in [1.54, 1.807) is 5.25 Å². The Balaban J connectivity index is 5.61. The van der Waals surface area contributed by atoms with Gasteiger partial charge in [-0.1, -0.05) is 180 Å². The third-order valence-electron chi connectivity index (χ3n) is 11.8. The van der Waals surface area contributed by atoms with Crippen molar-refractivity contribution in [3.8, 4) is 0 Å². The number of rotatable bonds is 45. The third kappa shape index (κ3) is 33.1. The van der Waals surface area contributed by atoms with Crippen molar-refractivity contribution in [2.24, 2.45) is 11.3 Å². The summed E-state index contributed by atoms with van der Waals surface area (Å²) in [5, 5.41) is 1.59. The lowest BCUT2D eigenvalue weighted by atomic mass is 9.62. The van der Waals surface area contributed by atoms with Crippen molar-refractivity contribution in [2.45, 2.75) is 244 Å². The van der Waals surface area contributed by atoms with Crippen molar-refractivity contribution in [1.29, 1.82) is 0 Å². The van der Waals surface area contributed by atoms with Gasteiger partial charge in [0.1, 0.15) is 0 Å². The van der Waals surface area contributed by atoms with Crippen LogP contribution in [-0.2, 0) is 0 Å². The summed E-state index contributed by atoms with van der Waals surface area (Å²) in [6, 6.07) is 0. The van der Waals surface area contributed by atoms with Crippen LogP contribution >= 0.6 is 75.8 Å². The summed E-state index contributed by atoms with van der Waals surface area (Å²) in [7, 11) is 0. The van der Waals surface area contributed by atoms with Crippen molar-refractivity contribution in [2.75, 3.05) is 23.0 Å². The summed E-state index contributed by atoms with van der Waals surface area (Å²) in [5.74, 6) is 7.06. The van der Waals surface area contributed by atoms with E-state index < -0.39 is 0 Å². The van der Waals surface area contributed by atoms with Crippen LogP contribution in [0.2, 0.25) is 0 Å². The quantitative estimate of drug-likeness (QED) is 0.0256. The highest BCUT2D eigenvalue weighted by Crippen LogP contribution is 2.54. The van der Waals surface area contributed by atoms with E-state index in [2.05, 4.69) is 68.9 Å². The van der Waals surface area contributed by atoms with E-state index in [1.165, 1.54) is 238 Å². The Morgan fingerprint density at radius 2 is 0.654 bits per heavy atom. The van der Waals surface area contributed by atoms with E-state index >= 15 is 0 Å². The van der Waals surface area contributed by atoms with Gasteiger partial charge in [-0.15, -0.1) is 0 Å². The van der Waals surface area contributed by atoms with Crippen molar-refractivity contribution < 1.29 is 0 Å². The summed E-state index contributed by atoms with van der Waals surface area (Å²) in [4.78, 5) is 0. The Hall–Kier alpha value is 2.10. The number of hydrogen-bond acceptors (Lipinski definition) is 6. The molecule has 312 valence electrons. The topological polar surface area (TPSA) is 0 Å². The largest absolute Gasteiger partial charge is 0.179 e. The second-order valence-corrected chi connectivity index (χ2v) is 19.0. The van der Waals surface area contributed by atoms with Crippen LogP contribution in [0.15, 0.2) is 0 Å².